The SMILES string of the molecule is CC(CCO)CNC(=O)c1ccc(Br)cc1F. The highest BCUT2D eigenvalue weighted by Crippen LogP contribution is 2.15. The molecule has 1 amide bonds. The fourth-order valence-corrected chi connectivity index (χ4v) is 1.69. The van der Waals surface area contributed by atoms with Gasteiger partial charge in [0.15, 0.2) is 0 Å². The van der Waals surface area contributed by atoms with E-state index in [4.69, 9.17) is 5.11 Å². The molecule has 17 heavy (non-hydrogen) atoms. The van der Waals surface area contributed by atoms with E-state index in [1.54, 1.807) is 6.07 Å². The molecule has 5 heteroatoms. The minimum atomic E-state index is -0.549. The molecule has 0 aliphatic carbocycles. The van der Waals surface area contributed by atoms with Crippen LogP contribution in [0.25, 0.3) is 0 Å². The lowest BCUT2D eigenvalue weighted by atomic mass is 10.1. The molecular formula is C12H15BrFNO2. The maximum Gasteiger partial charge on any atom is 0.254 e. The molecule has 1 aromatic rings. The summed E-state index contributed by atoms with van der Waals surface area (Å²) in [5.41, 5.74) is 0.0319. The zero-order valence-corrected chi connectivity index (χ0v) is 11.1. The quantitative estimate of drug-likeness (QED) is 0.877. The third kappa shape index (κ3) is 4.44. The van der Waals surface area contributed by atoms with Gasteiger partial charge in [-0.3, -0.25) is 4.79 Å². The van der Waals surface area contributed by atoms with Gasteiger partial charge in [-0.1, -0.05) is 22.9 Å². The monoisotopic (exact) mass is 303 g/mol. The van der Waals surface area contributed by atoms with E-state index in [1.165, 1.54) is 12.1 Å². The molecule has 0 radical (unpaired) electrons. The third-order valence-electron chi connectivity index (χ3n) is 2.41. The van der Waals surface area contributed by atoms with Gasteiger partial charge < -0.3 is 10.4 Å². The van der Waals surface area contributed by atoms with Crippen LogP contribution in [-0.4, -0.2) is 24.2 Å². The molecular weight excluding hydrogens is 289 g/mol. The molecule has 0 spiro atoms. The number of aliphatic hydroxyl groups excluding tert-OH is 1. The molecule has 94 valence electrons. The lowest BCUT2D eigenvalue weighted by molar-refractivity contribution is 0.0941. The van der Waals surface area contributed by atoms with Crippen molar-refractivity contribution in [1.82, 2.24) is 5.32 Å². The van der Waals surface area contributed by atoms with Crippen molar-refractivity contribution in [1.29, 1.82) is 0 Å². The predicted octanol–water partition coefficient (Wildman–Crippen LogP) is 2.34. The lowest BCUT2D eigenvalue weighted by Gasteiger charge is -2.11. The summed E-state index contributed by atoms with van der Waals surface area (Å²) >= 11 is 3.13. The fourth-order valence-electron chi connectivity index (χ4n) is 1.36. The largest absolute Gasteiger partial charge is 0.396 e. The summed E-state index contributed by atoms with van der Waals surface area (Å²) in [7, 11) is 0. The Morgan fingerprint density at radius 3 is 2.88 bits per heavy atom. The Balaban J connectivity index is 2.58. The Bertz CT molecular complexity index is 398. The van der Waals surface area contributed by atoms with E-state index in [1.807, 2.05) is 6.92 Å². The maximum absolute atomic E-state index is 13.4. The highest BCUT2D eigenvalue weighted by Gasteiger charge is 2.12. The molecule has 1 unspecified atom stereocenters. The normalized spacial score (nSPS) is 12.2. The van der Waals surface area contributed by atoms with Crippen molar-refractivity contribution in [2.75, 3.05) is 13.2 Å². The molecule has 0 aliphatic rings. The molecule has 0 saturated carbocycles. The van der Waals surface area contributed by atoms with E-state index in [9.17, 15) is 9.18 Å². The predicted molar refractivity (Wildman–Crippen MR) is 67.3 cm³/mol. The van der Waals surface area contributed by atoms with Crippen LogP contribution in [0.2, 0.25) is 0 Å². The minimum Gasteiger partial charge on any atom is -0.396 e. The molecule has 0 fully saturated rings. The van der Waals surface area contributed by atoms with Gasteiger partial charge in [-0.2, -0.15) is 0 Å². The second-order valence-electron chi connectivity index (χ2n) is 3.95. The van der Waals surface area contributed by atoms with Crippen molar-refractivity contribution >= 4 is 21.8 Å². The molecule has 0 saturated heterocycles. The Morgan fingerprint density at radius 2 is 2.29 bits per heavy atom. The molecule has 1 aromatic carbocycles. The number of carbonyl (C=O) groups is 1. The Hall–Kier alpha value is -0.940. The average molecular weight is 304 g/mol. The van der Waals surface area contributed by atoms with E-state index in [0.29, 0.717) is 17.4 Å². The number of benzene rings is 1. The first-order valence-electron chi connectivity index (χ1n) is 5.38. The van der Waals surface area contributed by atoms with Crippen molar-refractivity contribution in [3.05, 3.63) is 34.1 Å². The molecule has 2 N–H and O–H groups in total. The highest BCUT2D eigenvalue weighted by atomic mass is 79.9. The van der Waals surface area contributed by atoms with E-state index >= 15 is 0 Å². The van der Waals surface area contributed by atoms with Crippen LogP contribution in [0.3, 0.4) is 0 Å². The number of rotatable bonds is 5. The first kappa shape index (κ1) is 14.1. The standard InChI is InChI=1S/C12H15BrFNO2/c1-8(4-5-16)7-15-12(17)10-3-2-9(13)6-11(10)14/h2-3,6,8,16H,4-5,7H2,1H3,(H,15,17). The van der Waals surface area contributed by atoms with Crippen LogP contribution in [0.15, 0.2) is 22.7 Å². The highest BCUT2D eigenvalue weighted by molar-refractivity contribution is 9.10. The van der Waals surface area contributed by atoms with Crippen molar-refractivity contribution in [3.8, 4) is 0 Å². The molecule has 0 aromatic heterocycles. The van der Waals surface area contributed by atoms with Crippen LogP contribution >= 0.6 is 15.9 Å². The van der Waals surface area contributed by atoms with Crippen LogP contribution in [0.1, 0.15) is 23.7 Å². The van der Waals surface area contributed by atoms with Gasteiger partial charge in [-0.25, -0.2) is 4.39 Å². The zero-order chi connectivity index (χ0) is 12.8. The number of nitrogens with one attached hydrogen (secondary N) is 1. The maximum atomic E-state index is 13.4. The van der Waals surface area contributed by atoms with Crippen LogP contribution < -0.4 is 5.32 Å². The number of aliphatic hydroxyl groups is 1. The van der Waals surface area contributed by atoms with Crippen molar-refractivity contribution in [3.63, 3.8) is 0 Å². The van der Waals surface area contributed by atoms with Crippen molar-refractivity contribution in [2.45, 2.75) is 13.3 Å². The van der Waals surface area contributed by atoms with Crippen LogP contribution in [0.5, 0.6) is 0 Å². The summed E-state index contributed by atoms with van der Waals surface area (Å²) in [5, 5.41) is 11.4. The average Bonchev–Trinajstić information content (AvgIpc) is 2.26. The van der Waals surface area contributed by atoms with Gasteiger partial charge in [0.1, 0.15) is 5.82 Å². The molecule has 0 heterocycles. The smallest absolute Gasteiger partial charge is 0.254 e. The summed E-state index contributed by atoms with van der Waals surface area (Å²) in [6.07, 6.45) is 0.614. The van der Waals surface area contributed by atoms with Crippen LogP contribution in [-0.2, 0) is 0 Å². The topological polar surface area (TPSA) is 49.3 Å². The molecule has 3 nitrogen and oxygen atoms in total. The van der Waals surface area contributed by atoms with Gasteiger partial charge in [-0.05, 0) is 30.5 Å². The zero-order valence-electron chi connectivity index (χ0n) is 9.54. The van der Waals surface area contributed by atoms with Crippen molar-refractivity contribution in [2.24, 2.45) is 5.92 Å². The van der Waals surface area contributed by atoms with E-state index in [0.717, 1.165) is 0 Å². The van der Waals surface area contributed by atoms with Crippen molar-refractivity contribution < 1.29 is 14.3 Å². The first-order valence-corrected chi connectivity index (χ1v) is 6.18. The summed E-state index contributed by atoms with van der Waals surface area (Å²) in [4.78, 5) is 11.7. The van der Waals surface area contributed by atoms with E-state index in [-0.39, 0.29) is 18.1 Å². The summed E-state index contributed by atoms with van der Waals surface area (Å²) in [6, 6.07) is 4.31. The molecule has 0 aliphatic heterocycles. The number of hydrogen-bond acceptors (Lipinski definition) is 2. The summed E-state index contributed by atoms with van der Waals surface area (Å²) in [6.45, 7) is 2.42. The molecule has 1 rings (SSSR count). The summed E-state index contributed by atoms with van der Waals surface area (Å²) < 4.78 is 14.0. The van der Waals surface area contributed by atoms with Gasteiger partial charge in [0.05, 0.1) is 5.56 Å². The van der Waals surface area contributed by atoms with Gasteiger partial charge in [0.2, 0.25) is 0 Å². The Morgan fingerprint density at radius 1 is 1.59 bits per heavy atom. The fraction of sp³-hybridized carbons (Fsp3) is 0.417. The second kappa shape index (κ2) is 6.71. The number of halogens is 2. The third-order valence-corrected chi connectivity index (χ3v) is 2.90. The van der Waals surface area contributed by atoms with Gasteiger partial charge in [0.25, 0.3) is 5.91 Å². The molecule has 0 bridgehead atoms. The number of carbonyl (C=O) groups excluding carboxylic acids is 1. The van der Waals surface area contributed by atoms with Gasteiger partial charge >= 0.3 is 0 Å². The number of hydrogen-bond donors (Lipinski definition) is 2. The first-order chi connectivity index (χ1) is 8.04. The van der Waals surface area contributed by atoms with E-state index < -0.39 is 11.7 Å². The minimum absolute atomic E-state index is 0.0319. The van der Waals surface area contributed by atoms with Crippen LogP contribution in [0, 0.1) is 11.7 Å². The Kier molecular flexibility index (Phi) is 5.58. The van der Waals surface area contributed by atoms with E-state index in [2.05, 4.69) is 21.2 Å². The lowest BCUT2D eigenvalue weighted by Crippen LogP contribution is -2.29. The Labute approximate surface area is 108 Å². The van der Waals surface area contributed by atoms with Gasteiger partial charge in [0, 0.05) is 17.6 Å². The van der Waals surface area contributed by atoms with Crippen LogP contribution in [0.4, 0.5) is 4.39 Å². The second-order valence-corrected chi connectivity index (χ2v) is 4.87. The summed E-state index contributed by atoms with van der Waals surface area (Å²) in [5.74, 6) is -0.811. The number of amides is 1. The van der Waals surface area contributed by atoms with Gasteiger partial charge in [-0.15, -0.1) is 0 Å². The molecule has 1 atom stereocenters.